The molecule has 73 heavy (non-hydrogen) atoms. The van der Waals surface area contributed by atoms with Crippen LogP contribution in [0, 0.1) is 11.8 Å². The van der Waals surface area contributed by atoms with Crippen molar-refractivity contribution in [3.63, 3.8) is 0 Å². The Morgan fingerprint density at radius 2 is 1.08 bits per heavy atom. The molecule has 28 nitrogen and oxygen atoms in total. The molecule has 0 fully saturated rings. The molecule has 412 valence electrons. The Morgan fingerprint density at radius 3 is 1.56 bits per heavy atom. The number of aromatic nitrogens is 2. The Labute approximate surface area is 425 Å². The minimum Gasteiger partial charge on any atom is -0.480 e. The van der Waals surface area contributed by atoms with Crippen LogP contribution in [0.5, 0.6) is 0 Å². The molecule has 0 spiro atoms. The molecule has 0 aromatic carbocycles. The lowest BCUT2D eigenvalue weighted by molar-refractivity contribution is -0.142. The number of hydrogen-bond donors (Lipinski definition) is 16. The highest BCUT2D eigenvalue weighted by Crippen LogP contribution is 2.11. The summed E-state index contributed by atoms with van der Waals surface area (Å²) in [5, 5.41) is 29.9. The molecule has 0 saturated carbocycles. The lowest BCUT2D eigenvalue weighted by atomic mass is 10.0. The summed E-state index contributed by atoms with van der Waals surface area (Å²) >= 11 is 0. The zero-order valence-corrected chi connectivity index (χ0v) is 42.6. The van der Waals surface area contributed by atoms with Crippen molar-refractivity contribution in [2.24, 2.45) is 51.2 Å². The van der Waals surface area contributed by atoms with Crippen LogP contribution in [-0.2, 0) is 54.4 Å². The Balaban J connectivity index is 3.09. The summed E-state index contributed by atoms with van der Waals surface area (Å²) in [6.07, 6.45) is 4.58. The normalized spacial score (nSPS) is 14.4. The van der Waals surface area contributed by atoms with E-state index in [-0.39, 0.29) is 69.4 Å². The van der Waals surface area contributed by atoms with Crippen LogP contribution in [0.4, 0.5) is 0 Å². The molecule has 1 heterocycles. The highest BCUT2D eigenvalue weighted by Gasteiger charge is 2.34. The summed E-state index contributed by atoms with van der Waals surface area (Å²) < 4.78 is 0. The summed E-state index contributed by atoms with van der Waals surface area (Å²) in [4.78, 5) is 142. The van der Waals surface area contributed by atoms with Gasteiger partial charge in [0, 0.05) is 24.9 Å². The van der Waals surface area contributed by atoms with Crippen LogP contribution in [0.1, 0.15) is 111 Å². The van der Waals surface area contributed by atoms with Gasteiger partial charge in [0.05, 0.1) is 25.3 Å². The summed E-state index contributed by atoms with van der Waals surface area (Å²) in [5.41, 5.74) is 33.9. The molecule has 0 bridgehead atoms. The fourth-order valence-corrected chi connectivity index (χ4v) is 7.12. The number of carboxylic acids is 1. The van der Waals surface area contributed by atoms with Gasteiger partial charge in [-0.2, -0.15) is 0 Å². The number of unbranched alkanes of at least 4 members (excludes halogenated alkanes) is 2. The van der Waals surface area contributed by atoms with E-state index >= 15 is 0 Å². The van der Waals surface area contributed by atoms with Crippen LogP contribution in [0.25, 0.3) is 0 Å². The van der Waals surface area contributed by atoms with Crippen molar-refractivity contribution in [1.82, 2.24) is 52.5 Å². The molecule has 22 N–H and O–H groups in total. The predicted molar refractivity (Wildman–Crippen MR) is 269 cm³/mol. The highest BCUT2D eigenvalue weighted by atomic mass is 16.4. The number of rotatable bonds is 37. The number of H-pyrrole nitrogens is 1. The molecule has 1 aromatic heterocycles. The van der Waals surface area contributed by atoms with Crippen molar-refractivity contribution < 1.29 is 53.1 Å². The maximum absolute atomic E-state index is 13.7. The van der Waals surface area contributed by atoms with Crippen LogP contribution in [-0.4, -0.2) is 155 Å². The molecule has 1 rings (SSSR count). The van der Waals surface area contributed by atoms with Crippen molar-refractivity contribution >= 4 is 65.1 Å². The number of nitrogens with two attached hydrogens (primary N) is 6. The van der Waals surface area contributed by atoms with E-state index in [4.69, 9.17) is 34.4 Å². The van der Waals surface area contributed by atoms with Crippen molar-refractivity contribution in [2.45, 2.75) is 160 Å². The van der Waals surface area contributed by atoms with E-state index in [1.165, 1.54) is 19.4 Å². The van der Waals surface area contributed by atoms with Gasteiger partial charge in [0.15, 0.2) is 5.96 Å². The molecule has 9 amide bonds. The molecule has 8 atom stereocenters. The van der Waals surface area contributed by atoms with Gasteiger partial charge in [0.2, 0.25) is 53.2 Å². The van der Waals surface area contributed by atoms with E-state index < -0.39 is 120 Å². The average molecular weight is 1040 g/mol. The number of primary amides is 1. The van der Waals surface area contributed by atoms with Crippen molar-refractivity contribution in [3.05, 3.63) is 18.2 Å². The quantitative estimate of drug-likeness (QED) is 0.0169. The average Bonchev–Trinajstić information content (AvgIpc) is 3.83. The van der Waals surface area contributed by atoms with Gasteiger partial charge in [-0.25, -0.2) is 9.78 Å². The largest absolute Gasteiger partial charge is 0.480 e. The minimum absolute atomic E-state index is 0.0136. The van der Waals surface area contributed by atoms with Crippen molar-refractivity contribution in [3.8, 4) is 0 Å². The summed E-state index contributed by atoms with van der Waals surface area (Å²) in [6.45, 7) is 8.61. The summed E-state index contributed by atoms with van der Waals surface area (Å²) in [5.74, 6) is -9.11. The summed E-state index contributed by atoms with van der Waals surface area (Å²) in [7, 11) is 0. The third kappa shape index (κ3) is 26.9. The van der Waals surface area contributed by atoms with E-state index in [2.05, 4.69) is 57.5 Å². The second-order valence-electron chi connectivity index (χ2n) is 18.5. The van der Waals surface area contributed by atoms with Gasteiger partial charge in [-0.3, -0.25) is 48.1 Å². The number of nitrogens with one attached hydrogen (secondary N) is 9. The Kier molecular flexibility index (Phi) is 30.2. The predicted octanol–water partition coefficient (Wildman–Crippen LogP) is -4.83. The number of guanidine groups is 1. The number of carbonyl (C=O) groups excluding carboxylic acids is 9. The van der Waals surface area contributed by atoms with Crippen LogP contribution >= 0.6 is 0 Å². The molecule has 0 aliphatic heterocycles. The zero-order valence-electron chi connectivity index (χ0n) is 42.6. The number of amides is 9. The van der Waals surface area contributed by atoms with Gasteiger partial charge in [-0.1, -0.05) is 27.7 Å². The Morgan fingerprint density at radius 1 is 0.603 bits per heavy atom. The van der Waals surface area contributed by atoms with E-state index in [0.29, 0.717) is 44.3 Å². The molecular weight excluding hydrogens is 955 g/mol. The monoisotopic (exact) mass is 1040 g/mol. The van der Waals surface area contributed by atoms with Gasteiger partial charge in [0.1, 0.15) is 42.3 Å². The zero-order chi connectivity index (χ0) is 55.2. The molecule has 28 heteroatoms. The lowest BCUT2D eigenvalue weighted by Crippen LogP contribution is -2.59. The number of aromatic amines is 1. The lowest BCUT2D eigenvalue weighted by Gasteiger charge is -2.26. The fraction of sp³-hybridized carbons (Fsp3) is 0.689. The first-order valence-electron chi connectivity index (χ1n) is 24.5. The van der Waals surface area contributed by atoms with Crippen molar-refractivity contribution in [1.29, 1.82) is 0 Å². The molecule has 0 unspecified atom stereocenters. The fourth-order valence-electron chi connectivity index (χ4n) is 7.12. The standard InChI is InChI=1S/C45H81N17O11/c1-24(2)17-31(41(69)58-30(13-7-9-15-47)40(68)62-34(44(72)73)19-27-21-52-23-55-27)59-37(65)26(5)56-36(64)22-54-39(67)29(12-6-8-14-46)57-43(71)33(20-35(49)63)61-42(70)32(18-25(3)4)60-38(66)28(48)11-10-16-53-45(50)51/h21,23-26,28-34H,6-20,22,46-48H2,1-5H3,(H2,49,63)(H,52,55)(H,54,67)(H,56,64)(H,57,71)(H,58,69)(H,59,65)(H,60,66)(H,61,70)(H,62,68)(H,72,73)(H4,50,51,53)/t26-,28-,29-,30-,31-,32-,33-,34-/m0/s1. The molecule has 0 saturated heterocycles. The van der Waals surface area contributed by atoms with E-state index in [0.717, 1.165) is 0 Å². The van der Waals surface area contributed by atoms with Crippen LogP contribution in [0.2, 0.25) is 0 Å². The molecule has 1 aromatic rings. The second kappa shape index (κ2) is 34.4. The van der Waals surface area contributed by atoms with Gasteiger partial charge in [-0.05, 0) is 96.1 Å². The highest BCUT2D eigenvalue weighted by molar-refractivity contribution is 5.98. The van der Waals surface area contributed by atoms with Gasteiger partial charge >= 0.3 is 5.97 Å². The smallest absolute Gasteiger partial charge is 0.326 e. The molecule has 0 aliphatic rings. The van der Waals surface area contributed by atoms with E-state index in [9.17, 15) is 53.1 Å². The minimum atomic E-state index is -1.60. The second-order valence-corrected chi connectivity index (χ2v) is 18.5. The first kappa shape index (κ1) is 64.1. The SMILES string of the molecule is CC(C)C[C@H](NC(=O)[C@H](C)NC(=O)CNC(=O)[C@H](CCCCN)NC(=O)[C@H](CC(N)=O)NC(=O)[C@H](CC(C)C)NC(=O)[C@@H](N)CCCN=C(N)N)C(=O)N[C@@H](CCCCN)C(=O)N[C@@H](Cc1cnc[nH]1)C(=O)O. The summed E-state index contributed by atoms with van der Waals surface area (Å²) in [6, 6.07) is -10.1. The topological polar surface area (TPSA) is 484 Å². The number of imidazole rings is 1. The molecule has 0 aliphatic carbocycles. The first-order valence-corrected chi connectivity index (χ1v) is 24.5. The van der Waals surface area contributed by atoms with Crippen LogP contribution in [0.3, 0.4) is 0 Å². The first-order chi connectivity index (χ1) is 34.4. The third-order valence-corrected chi connectivity index (χ3v) is 11.0. The number of aliphatic imine (C=N–C) groups is 1. The maximum atomic E-state index is 13.7. The van der Waals surface area contributed by atoms with Gasteiger partial charge in [0.25, 0.3) is 0 Å². The van der Waals surface area contributed by atoms with Gasteiger partial charge < -0.3 is 87.0 Å². The maximum Gasteiger partial charge on any atom is 0.326 e. The van der Waals surface area contributed by atoms with E-state index in [1.807, 2.05) is 0 Å². The van der Waals surface area contributed by atoms with Gasteiger partial charge in [-0.15, -0.1) is 0 Å². The Hall–Kier alpha value is -6.94. The molecule has 0 radical (unpaired) electrons. The van der Waals surface area contributed by atoms with Crippen molar-refractivity contribution in [2.75, 3.05) is 26.2 Å². The number of carbonyl (C=O) groups is 10. The van der Waals surface area contributed by atoms with E-state index in [1.54, 1.807) is 27.7 Å². The number of hydrogen-bond acceptors (Lipinski definition) is 15. The number of aliphatic carboxylic acids is 1. The van der Waals surface area contributed by atoms with Crippen LogP contribution < -0.4 is 76.9 Å². The Bertz CT molecular complexity index is 1980. The number of nitrogens with zero attached hydrogens (tertiary/aromatic N) is 2. The molecular formula is C45H81N17O11. The van der Waals surface area contributed by atoms with Crippen LogP contribution in [0.15, 0.2) is 17.5 Å². The number of carboxylic acid groups (broad SMARTS) is 1. The third-order valence-electron chi connectivity index (χ3n) is 11.0.